The zero-order valence-electron chi connectivity index (χ0n) is 13.6. The summed E-state index contributed by atoms with van der Waals surface area (Å²) in [6, 6.07) is 5.60. The summed E-state index contributed by atoms with van der Waals surface area (Å²) in [5, 5.41) is 6.24. The van der Waals surface area contributed by atoms with Crippen LogP contribution in [0, 0.1) is 17.7 Å². The Morgan fingerprint density at radius 3 is 2.96 bits per heavy atom. The highest BCUT2D eigenvalue weighted by Gasteiger charge is 2.19. The lowest BCUT2D eigenvalue weighted by Gasteiger charge is -2.22. The summed E-state index contributed by atoms with van der Waals surface area (Å²) in [5.74, 6) is -0.584. The number of rotatable bonds is 7. The highest BCUT2D eigenvalue weighted by molar-refractivity contribution is 5.99. The van der Waals surface area contributed by atoms with Crippen molar-refractivity contribution < 1.29 is 14.0 Å². The van der Waals surface area contributed by atoms with E-state index in [1.807, 2.05) is 0 Å². The molecule has 0 bridgehead atoms. The third-order valence-electron chi connectivity index (χ3n) is 4.32. The molecule has 0 aliphatic carbocycles. The monoisotopic (exact) mass is 320 g/mol. The average Bonchev–Trinajstić information content (AvgIpc) is 2.55. The van der Waals surface area contributed by atoms with Gasteiger partial charge in [-0.25, -0.2) is 4.39 Å². The Morgan fingerprint density at radius 1 is 1.43 bits per heavy atom. The first-order valence-electron chi connectivity index (χ1n) is 8.33. The van der Waals surface area contributed by atoms with E-state index in [9.17, 15) is 14.0 Å². The smallest absolute Gasteiger partial charge is 0.220 e. The summed E-state index contributed by atoms with van der Waals surface area (Å²) in [4.78, 5) is 24.1. The molecule has 1 heterocycles. The Balaban J connectivity index is 1.72. The second-order valence-corrected chi connectivity index (χ2v) is 6.33. The van der Waals surface area contributed by atoms with Gasteiger partial charge >= 0.3 is 0 Å². The van der Waals surface area contributed by atoms with Gasteiger partial charge in [0.05, 0.1) is 0 Å². The fourth-order valence-corrected chi connectivity index (χ4v) is 2.96. The molecule has 4 nitrogen and oxygen atoms in total. The Morgan fingerprint density at radius 2 is 2.26 bits per heavy atom. The highest BCUT2D eigenvalue weighted by Crippen LogP contribution is 2.15. The maximum atomic E-state index is 13.2. The Kier molecular flexibility index (Phi) is 6.71. The molecule has 2 rings (SSSR count). The molecule has 1 saturated heterocycles. The molecule has 5 heteroatoms. The number of hydrogen-bond acceptors (Lipinski definition) is 3. The van der Waals surface area contributed by atoms with Gasteiger partial charge in [-0.2, -0.15) is 0 Å². The van der Waals surface area contributed by atoms with Gasteiger partial charge in [0.15, 0.2) is 5.78 Å². The largest absolute Gasteiger partial charge is 0.356 e. The van der Waals surface area contributed by atoms with Crippen LogP contribution in [0.1, 0.15) is 43.0 Å². The van der Waals surface area contributed by atoms with Crippen molar-refractivity contribution >= 4 is 11.7 Å². The number of halogens is 1. The van der Waals surface area contributed by atoms with Crippen molar-refractivity contribution in [3.05, 3.63) is 35.6 Å². The van der Waals surface area contributed by atoms with Gasteiger partial charge < -0.3 is 10.6 Å². The van der Waals surface area contributed by atoms with Gasteiger partial charge in [-0.3, -0.25) is 9.59 Å². The van der Waals surface area contributed by atoms with Crippen molar-refractivity contribution in [1.82, 2.24) is 10.6 Å². The average molecular weight is 320 g/mol. The number of benzene rings is 1. The van der Waals surface area contributed by atoms with Crippen LogP contribution in [0.5, 0.6) is 0 Å². The van der Waals surface area contributed by atoms with Crippen molar-refractivity contribution in [2.45, 2.75) is 32.6 Å². The van der Waals surface area contributed by atoms with Gasteiger partial charge in [-0.15, -0.1) is 0 Å². The molecule has 1 aromatic carbocycles. The zero-order chi connectivity index (χ0) is 16.7. The molecule has 1 aliphatic rings. The number of piperidine rings is 1. The first-order chi connectivity index (χ1) is 11.1. The first kappa shape index (κ1) is 17.6. The predicted octanol–water partition coefficient (Wildman–Crippen LogP) is 2.54. The quantitative estimate of drug-likeness (QED) is 0.759. The molecule has 0 aromatic heterocycles. The molecule has 1 aromatic rings. The molecule has 0 spiro atoms. The van der Waals surface area contributed by atoms with Crippen molar-refractivity contribution in [3.63, 3.8) is 0 Å². The minimum Gasteiger partial charge on any atom is -0.356 e. The van der Waals surface area contributed by atoms with Gasteiger partial charge in [0, 0.05) is 24.4 Å². The van der Waals surface area contributed by atoms with Crippen molar-refractivity contribution in [2.75, 3.05) is 19.6 Å². The second kappa shape index (κ2) is 8.77. The van der Waals surface area contributed by atoms with Crippen molar-refractivity contribution in [1.29, 1.82) is 0 Å². The van der Waals surface area contributed by atoms with E-state index in [4.69, 9.17) is 0 Å². The van der Waals surface area contributed by atoms with Crippen LogP contribution in [0.2, 0.25) is 0 Å². The zero-order valence-corrected chi connectivity index (χ0v) is 13.6. The number of Topliss-reactive ketones (excluding diaryl/α,β-unsaturated/α-hetero) is 1. The number of hydrogen-bond donors (Lipinski definition) is 2. The molecular weight excluding hydrogens is 295 g/mol. The molecular formula is C18H25FN2O2. The normalized spacial score (nSPS) is 19.1. The molecule has 0 saturated carbocycles. The molecule has 23 heavy (non-hydrogen) atoms. The number of carbonyl (C=O) groups is 2. The molecule has 1 fully saturated rings. The molecule has 0 radical (unpaired) electrons. The van der Waals surface area contributed by atoms with Gasteiger partial charge in [-0.05, 0) is 50.4 Å². The van der Waals surface area contributed by atoms with Crippen molar-refractivity contribution in [2.24, 2.45) is 11.8 Å². The fraction of sp³-hybridized carbons (Fsp3) is 0.556. The molecule has 2 unspecified atom stereocenters. The first-order valence-corrected chi connectivity index (χ1v) is 8.33. The van der Waals surface area contributed by atoms with Crippen LogP contribution < -0.4 is 10.6 Å². The Bertz CT molecular complexity index is 542. The van der Waals surface area contributed by atoms with Crippen LogP contribution in [0.4, 0.5) is 4.39 Å². The van der Waals surface area contributed by atoms with Crippen LogP contribution in [0.3, 0.4) is 0 Å². The number of carbonyl (C=O) groups excluding carboxylic acids is 2. The Hall–Kier alpha value is -1.75. The summed E-state index contributed by atoms with van der Waals surface area (Å²) in [6.45, 7) is 4.46. The number of nitrogens with one attached hydrogen (secondary N) is 2. The van der Waals surface area contributed by atoms with Crippen LogP contribution in [-0.4, -0.2) is 31.3 Å². The minimum atomic E-state index is -0.451. The number of ketones is 1. The fourth-order valence-electron chi connectivity index (χ4n) is 2.96. The van der Waals surface area contributed by atoms with E-state index in [1.165, 1.54) is 31.0 Å². The van der Waals surface area contributed by atoms with Crippen LogP contribution in [0.15, 0.2) is 24.3 Å². The van der Waals surface area contributed by atoms with E-state index in [-0.39, 0.29) is 18.1 Å². The van der Waals surface area contributed by atoms with Gasteiger partial charge in [0.2, 0.25) is 5.91 Å². The van der Waals surface area contributed by atoms with E-state index < -0.39 is 11.7 Å². The van der Waals surface area contributed by atoms with E-state index >= 15 is 0 Å². The maximum absolute atomic E-state index is 13.2. The third-order valence-corrected chi connectivity index (χ3v) is 4.32. The van der Waals surface area contributed by atoms with Gasteiger partial charge in [0.1, 0.15) is 5.82 Å². The molecule has 2 N–H and O–H groups in total. The standard InChI is InChI=1S/C18H25FN2O2/c1-13(18(23)15-5-2-6-16(19)11-15)10-17(22)21-9-7-14-4-3-8-20-12-14/h2,5-6,11,13-14,20H,3-4,7-10,12H2,1H3,(H,21,22). The van der Waals surface area contributed by atoms with E-state index in [1.54, 1.807) is 13.0 Å². The molecule has 126 valence electrons. The molecule has 2 atom stereocenters. The van der Waals surface area contributed by atoms with E-state index in [2.05, 4.69) is 10.6 Å². The van der Waals surface area contributed by atoms with Gasteiger partial charge in [-0.1, -0.05) is 19.1 Å². The minimum absolute atomic E-state index is 0.119. The Labute approximate surface area is 136 Å². The van der Waals surface area contributed by atoms with Crippen LogP contribution >= 0.6 is 0 Å². The third kappa shape index (κ3) is 5.75. The highest BCUT2D eigenvalue weighted by atomic mass is 19.1. The summed E-state index contributed by atoms with van der Waals surface area (Å²) in [6.07, 6.45) is 3.50. The summed E-state index contributed by atoms with van der Waals surface area (Å²) >= 11 is 0. The molecule has 1 amide bonds. The van der Waals surface area contributed by atoms with Crippen LogP contribution in [-0.2, 0) is 4.79 Å². The maximum Gasteiger partial charge on any atom is 0.220 e. The summed E-state index contributed by atoms with van der Waals surface area (Å²) in [5.41, 5.74) is 0.318. The number of amides is 1. The van der Waals surface area contributed by atoms with Crippen LogP contribution in [0.25, 0.3) is 0 Å². The van der Waals surface area contributed by atoms with Crippen molar-refractivity contribution in [3.8, 4) is 0 Å². The van der Waals surface area contributed by atoms with E-state index in [0.29, 0.717) is 18.0 Å². The SMILES string of the molecule is CC(CC(=O)NCCC1CCCNC1)C(=O)c1cccc(F)c1. The second-order valence-electron chi connectivity index (χ2n) is 6.33. The summed E-state index contributed by atoms with van der Waals surface area (Å²) in [7, 11) is 0. The summed E-state index contributed by atoms with van der Waals surface area (Å²) < 4.78 is 13.2. The predicted molar refractivity (Wildman–Crippen MR) is 87.7 cm³/mol. The lowest BCUT2D eigenvalue weighted by molar-refractivity contribution is -0.121. The van der Waals surface area contributed by atoms with E-state index in [0.717, 1.165) is 19.5 Å². The topological polar surface area (TPSA) is 58.2 Å². The van der Waals surface area contributed by atoms with Gasteiger partial charge in [0.25, 0.3) is 0 Å². The lowest BCUT2D eigenvalue weighted by atomic mass is 9.95. The lowest BCUT2D eigenvalue weighted by Crippen LogP contribution is -2.33. The molecule has 1 aliphatic heterocycles.